The van der Waals surface area contributed by atoms with Crippen LogP contribution in [-0.2, 0) is 9.53 Å². The summed E-state index contributed by atoms with van der Waals surface area (Å²) in [7, 11) is 0. The summed E-state index contributed by atoms with van der Waals surface area (Å²) in [6.07, 6.45) is 10.4. The van der Waals surface area contributed by atoms with Crippen molar-refractivity contribution in [1.82, 2.24) is 0 Å². The largest absolute Gasteiger partial charge is 0.490 e. The van der Waals surface area contributed by atoms with Crippen molar-refractivity contribution < 1.29 is 19.0 Å². The maximum absolute atomic E-state index is 11.7. The average Bonchev–Trinajstić information content (AvgIpc) is 2.75. The molecular weight excluding hydrogens is 364 g/mol. The minimum Gasteiger partial charge on any atom is -0.490 e. The normalized spacial score (nSPS) is 10.3. The fourth-order valence-corrected chi connectivity index (χ4v) is 2.88. The SMILES string of the molecule is C=CCCCCCCCCC(=O)OCCOc1ccc(Oc2ccccc2)cc1. The van der Waals surface area contributed by atoms with Gasteiger partial charge >= 0.3 is 5.97 Å². The maximum atomic E-state index is 11.7. The molecule has 0 saturated heterocycles. The highest BCUT2D eigenvalue weighted by atomic mass is 16.6. The number of rotatable bonds is 15. The monoisotopic (exact) mass is 396 g/mol. The zero-order chi connectivity index (χ0) is 20.6. The fraction of sp³-hybridized carbons (Fsp3) is 0.400. The van der Waals surface area contributed by atoms with E-state index in [0.29, 0.717) is 13.0 Å². The van der Waals surface area contributed by atoms with Crippen molar-refractivity contribution in [2.45, 2.75) is 51.4 Å². The summed E-state index contributed by atoms with van der Waals surface area (Å²) in [5.41, 5.74) is 0. The Kier molecular flexibility index (Phi) is 11.1. The number of hydrogen-bond donors (Lipinski definition) is 0. The molecule has 0 aromatic heterocycles. The zero-order valence-electron chi connectivity index (χ0n) is 17.2. The lowest BCUT2D eigenvalue weighted by Gasteiger charge is -2.09. The number of benzene rings is 2. The van der Waals surface area contributed by atoms with Crippen LogP contribution in [0.1, 0.15) is 51.4 Å². The van der Waals surface area contributed by atoms with Crippen molar-refractivity contribution in [2.24, 2.45) is 0 Å². The second kappa shape index (κ2) is 14.3. The molecule has 156 valence electrons. The first-order valence-electron chi connectivity index (χ1n) is 10.5. The van der Waals surface area contributed by atoms with E-state index in [1.54, 1.807) is 0 Å². The number of hydrogen-bond acceptors (Lipinski definition) is 4. The first kappa shape index (κ1) is 22.5. The molecule has 0 N–H and O–H groups in total. The van der Waals surface area contributed by atoms with Gasteiger partial charge in [0.15, 0.2) is 0 Å². The molecule has 0 fully saturated rings. The number of ether oxygens (including phenoxy) is 3. The van der Waals surface area contributed by atoms with Crippen molar-refractivity contribution in [3.63, 3.8) is 0 Å². The lowest BCUT2D eigenvalue weighted by Crippen LogP contribution is -2.12. The van der Waals surface area contributed by atoms with Crippen LogP contribution in [0.2, 0.25) is 0 Å². The van der Waals surface area contributed by atoms with Gasteiger partial charge in [0, 0.05) is 6.42 Å². The van der Waals surface area contributed by atoms with Gasteiger partial charge in [0.1, 0.15) is 30.5 Å². The minimum atomic E-state index is -0.146. The van der Waals surface area contributed by atoms with E-state index in [-0.39, 0.29) is 12.6 Å². The summed E-state index contributed by atoms with van der Waals surface area (Å²) in [4.78, 5) is 11.7. The minimum absolute atomic E-state index is 0.146. The number of unbranched alkanes of at least 4 members (excludes halogenated alkanes) is 6. The van der Waals surface area contributed by atoms with Crippen LogP contribution in [0.3, 0.4) is 0 Å². The lowest BCUT2D eigenvalue weighted by molar-refractivity contribution is -0.144. The van der Waals surface area contributed by atoms with Gasteiger partial charge < -0.3 is 14.2 Å². The third kappa shape index (κ3) is 10.4. The van der Waals surface area contributed by atoms with Crippen LogP contribution in [0.5, 0.6) is 17.2 Å². The topological polar surface area (TPSA) is 44.8 Å². The summed E-state index contributed by atoms with van der Waals surface area (Å²) in [5, 5.41) is 0. The van der Waals surface area contributed by atoms with E-state index in [0.717, 1.165) is 36.5 Å². The van der Waals surface area contributed by atoms with Crippen LogP contribution in [0, 0.1) is 0 Å². The van der Waals surface area contributed by atoms with E-state index >= 15 is 0 Å². The van der Waals surface area contributed by atoms with Crippen molar-refractivity contribution in [3.05, 3.63) is 67.3 Å². The summed E-state index contributed by atoms with van der Waals surface area (Å²) >= 11 is 0. The number of carbonyl (C=O) groups is 1. The molecule has 0 atom stereocenters. The standard InChI is InChI=1S/C25H32O4/c1-2-3-4-5-6-7-8-12-15-25(26)28-21-20-27-22-16-18-24(19-17-22)29-23-13-10-9-11-14-23/h2,9-11,13-14,16-19H,1,3-8,12,15,20-21H2. The first-order valence-corrected chi connectivity index (χ1v) is 10.5. The Morgan fingerprint density at radius 2 is 1.38 bits per heavy atom. The Labute approximate surface area is 174 Å². The molecule has 0 bridgehead atoms. The summed E-state index contributed by atoms with van der Waals surface area (Å²) in [6.45, 7) is 4.33. The van der Waals surface area contributed by atoms with Crippen LogP contribution in [0.15, 0.2) is 67.3 Å². The number of carbonyl (C=O) groups excluding carboxylic acids is 1. The van der Waals surface area contributed by atoms with Crippen molar-refractivity contribution in [3.8, 4) is 17.2 Å². The molecule has 0 aliphatic rings. The molecule has 29 heavy (non-hydrogen) atoms. The fourth-order valence-electron chi connectivity index (χ4n) is 2.88. The molecule has 2 rings (SSSR count). The average molecular weight is 397 g/mol. The predicted molar refractivity (Wildman–Crippen MR) is 117 cm³/mol. The molecule has 0 saturated carbocycles. The van der Waals surface area contributed by atoms with Crippen LogP contribution in [0.4, 0.5) is 0 Å². The van der Waals surface area contributed by atoms with Gasteiger partial charge in [-0.1, -0.05) is 50.0 Å². The Bertz CT molecular complexity index is 695. The number of allylic oxidation sites excluding steroid dienone is 1. The molecule has 2 aromatic rings. The van der Waals surface area contributed by atoms with Gasteiger partial charge in [0.25, 0.3) is 0 Å². The van der Waals surface area contributed by atoms with Crippen LogP contribution in [0.25, 0.3) is 0 Å². The third-order valence-corrected chi connectivity index (χ3v) is 4.46. The molecule has 4 heteroatoms. The summed E-state index contributed by atoms with van der Waals surface area (Å²) < 4.78 is 16.6. The summed E-state index contributed by atoms with van der Waals surface area (Å²) in [5.74, 6) is 2.11. The van der Waals surface area contributed by atoms with E-state index < -0.39 is 0 Å². The highest BCUT2D eigenvalue weighted by Gasteiger charge is 2.03. The number of para-hydroxylation sites is 1. The Hall–Kier alpha value is -2.75. The van der Waals surface area contributed by atoms with E-state index in [1.807, 2.05) is 60.7 Å². The molecule has 2 aromatic carbocycles. The molecule has 0 spiro atoms. The first-order chi connectivity index (χ1) is 14.3. The molecule has 4 nitrogen and oxygen atoms in total. The van der Waals surface area contributed by atoms with Crippen molar-refractivity contribution in [2.75, 3.05) is 13.2 Å². The van der Waals surface area contributed by atoms with Crippen molar-refractivity contribution in [1.29, 1.82) is 0 Å². The molecule has 0 amide bonds. The van der Waals surface area contributed by atoms with E-state index in [2.05, 4.69) is 6.58 Å². The molecule has 0 unspecified atom stereocenters. The maximum Gasteiger partial charge on any atom is 0.305 e. The molecule has 0 aliphatic heterocycles. The smallest absolute Gasteiger partial charge is 0.305 e. The summed E-state index contributed by atoms with van der Waals surface area (Å²) in [6, 6.07) is 17.0. The molecule has 0 aliphatic carbocycles. The number of esters is 1. The van der Waals surface area contributed by atoms with E-state index in [1.165, 1.54) is 25.7 Å². The van der Waals surface area contributed by atoms with Gasteiger partial charge in [-0.05, 0) is 55.7 Å². The lowest BCUT2D eigenvalue weighted by atomic mass is 10.1. The van der Waals surface area contributed by atoms with Gasteiger partial charge in [-0.15, -0.1) is 6.58 Å². The second-order valence-electron chi connectivity index (χ2n) is 6.90. The van der Waals surface area contributed by atoms with Crippen LogP contribution >= 0.6 is 0 Å². The molecular formula is C25H32O4. The second-order valence-corrected chi connectivity index (χ2v) is 6.90. The molecule has 0 radical (unpaired) electrons. The quantitative estimate of drug-likeness (QED) is 0.191. The highest BCUT2D eigenvalue weighted by Crippen LogP contribution is 2.23. The van der Waals surface area contributed by atoms with Crippen LogP contribution in [-0.4, -0.2) is 19.2 Å². The van der Waals surface area contributed by atoms with E-state index in [9.17, 15) is 4.79 Å². The van der Waals surface area contributed by atoms with Gasteiger partial charge in [0.2, 0.25) is 0 Å². The molecule has 0 heterocycles. The third-order valence-electron chi connectivity index (χ3n) is 4.46. The predicted octanol–water partition coefficient (Wildman–Crippen LogP) is 6.71. The van der Waals surface area contributed by atoms with Crippen molar-refractivity contribution >= 4 is 5.97 Å². The van der Waals surface area contributed by atoms with E-state index in [4.69, 9.17) is 14.2 Å². The van der Waals surface area contributed by atoms with Gasteiger partial charge in [0.05, 0.1) is 0 Å². The Morgan fingerprint density at radius 1 is 0.759 bits per heavy atom. The van der Waals surface area contributed by atoms with Gasteiger partial charge in [-0.3, -0.25) is 4.79 Å². The van der Waals surface area contributed by atoms with Crippen LogP contribution < -0.4 is 9.47 Å². The van der Waals surface area contributed by atoms with Gasteiger partial charge in [-0.25, -0.2) is 0 Å². The Morgan fingerprint density at radius 3 is 2.10 bits per heavy atom. The highest BCUT2D eigenvalue weighted by molar-refractivity contribution is 5.69. The Balaban J connectivity index is 1.50. The van der Waals surface area contributed by atoms with Gasteiger partial charge in [-0.2, -0.15) is 0 Å². The zero-order valence-corrected chi connectivity index (χ0v) is 17.2.